The van der Waals surface area contributed by atoms with E-state index >= 15 is 0 Å². The van der Waals surface area contributed by atoms with E-state index in [9.17, 15) is 8.78 Å². The van der Waals surface area contributed by atoms with Crippen molar-refractivity contribution in [3.63, 3.8) is 0 Å². The van der Waals surface area contributed by atoms with Gasteiger partial charge in [-0.2, -0.15) is 4.80 Å². The van der Waals surface area contributed by atoms with Gasteiger partial charge in [0, 0.05) is 10.5 Å². The molecular formula is C9H8BrF2N5. The number of benzene rings is 1. The number of aromatic nitrogens is 4. The number of rotatable bonds is 3. The van der Waals surface area contributed by atoms with Crippen molar-refractivity contribution in [2.24, 2.45) is 7.05 Å². The zero-order valence-corrected chi connectivity index (χ0v) is 10.4. The molecule has 17 heavy (non-hydrogen) atoms. The number of hydrogen-bond donors (Lipinski definition) is 1. The minimum absolute atomic E-state index is 0.166. The fourth-order valence-electron chi connectivity index (χ4n) is 1.27. The van der Waals surface area contributed by atoms with Crippen molar-refractivity contribution in [1.29, 1.82) is 0 Å². The zero-order chi connectivity index (χ0) is 12.4. The fourth-order valence-corrected chi connectivity index (χ4v) is 1.82. The van der Waals surface area contributed by atoms with E-state index < -0.39 is 11.6 Å². The monoisotopic (exact) mass is 303 g/mol. The molecule has 0 amide bonds. The van der Waals surface area contributed by atoms with E-state index in [1.54, 1.807) is 7.05 Å². The molecule has 1 aromatic carbocycles. The maximum absolute atomic E-state index is 13.4. The molecular weight excluding hydrogens is 296 g/mol. The summed E-state index contributed by atoms with van der Waals surface area (Å²) >= 11 is 3.07. The second-order valence-corrected chi connectivity index (χ2v) is 4.15. The van der Waals surface area contributed by atoms with Crippen LogP contribution in [0.25, 0.3) is 0 Å². The van der Waals surface area contributed by atoms with Gasteiger partial charge in [-0.1, -0.05) is 0 Å². The molecule has 0 fully saturated rings. The minimum atomic E-state index is -0.680. The van der Waals surface area contributed by atoms with Gasteiger partial charge in [-0.3, -0.25) is 0 Å². The van der Waals surface area contributed by atoms with Gasteiger partial charge in [0.1, 0.15) is 11.6 Å². The normalized spacial score (nSPS) is 10.6. The average molecular weight is 304 g/mol. The standard InChI is InChI=1S/C9H8BrF2N5/c1-17-15-8(14-16-17)4-13-9-6(10)2-5(11)3-7(9)12/h2-3,13H,4H2,1H3. The third kappa shape index (κ3) is 2.76. The van der Waals surface area contributed by atoms with Crippen LogP contribution in [0.4, 0.5) is 14.5 Å². The van der Waals surface area contributed by atoms with Crippen LogP contribution in [0.1, 0.15) is 5.82 Å². The lowest BCUT2D eigenvalue weighted by Gasteiger charge is -2.07. The van der Waals surface area contributed by atoms with E-state index in [4.69, 9.17) is 0 Å². The first kappa shape index (κ1) is 11.9. The Kier molecular flexibility index (Phi) is 3.32. The number of halogens is 3. The Bertz CT molecular complexity index is 519. The van der Waals surface area contributed by atoms with Crippen LogP contribution in [-0.4, -0.2) is 20.2 Å². The van der Waals surface area contributed by atoms with Crippen LogP contribution in [0.5, 0.6) is 0 Å². The lowest BCUT2D eigenvalue weighted by molar-refractivity contribution is 0.583. The molecule has 90 valence electrons. The van der Waals surface area contributed by atoms with Gasteiger partial charge in [-0.15, -0.1) is 10.2 Å². The van der Waals surface area contributed by atoms with Gasteiger partial charge in [-0.05, 0) is 27.2 Å². The van der Waals surface area contributed by atoms with Crippen LogP contribution < -0.4 is 5.32 Å². The van der Waals surface area contributed by atoms with Crippen molar-refractivity contribution in [3.8, 4) is 0 Å². The first-order chi connectivity index (χ1) is 8.06. The molecule has 0 saturated heterocycles. The topological polar surface area (TPSA) is 55.6 Å². The molecule has 1 heterocycles. The quantitative estimate of drug-likeness (QED) is 0.940. The summed E-state index contributed by atoms with van der Waals surface area (Å²) in [4.78, 5) is 1.30. The molecule has 8 heteroatoms. The van der Waals surface area contributed by atoms with Crippen LogP contribution in [-0.2, 0) is 13.6 Å². The second-order valence-electron chi connectivity index (χ2n) is 3.29. The fraction of sp³-hybridized carbons (Fsp3) is 0.222. The molecule has 1 N–H and O–H groups in total. The van der Waals surface area contributed by atoms with Gasteiger partial charge in [0.2, 0.25) is 0 Å². The molecule has 2 rings (SSSR count). The van der Waals surface area contributed by atoms with Crippen LogP contribution in [0.15, 0.2) is 16.6 Å². The Balaban J connectivity index is 2.14. The first-order valence-electron chi connectivity index (χ1n) is 4.67. The van der Waals surface area contributed by atoms with E-state index in [0.29, 0.717) is 10.3 Å². The summed E-state index contributed by atoms with van der Waals surface area (Å²) in [5, 5.41) is 14.1. The van der Waals surface area contributed by atoms with E-state index in [1.807, 2.05) is 0 Å². The summed E-state index contributed by atoms with van der Waals surface area (Å²) < 4.78 is 26.6. The van der Waals surface area contributed by atoms with Crippen molar-refractivity contribution >= 4 is 21.6 Å². The van der Waals surface area contributed by atoms with E-state index in [0.717, 1.165) is 6.07 Å². The van der Waals surface area contributed by atoms with Crippen molar-refractivity contribution in [2.45, 2.75) is 6.54 Å². The van der Waals surface area contributed by atoms with Crippen LogP contribution in [0.3, 0.4) is 0 Å². The van der Waals surface area contributed by atoms with Crippen LogP contribution in [0.2, 0.25) is 0 Å². The molecule has 0 unspecified atom stereocenters. The molecule has 2 aromatic rings. The predicted molar refractivity (Wildman–Crippen MR) is 60.2 cm³/mol. The summed E-state index contributed by atoms with van der Waals surface area (Å²) in [5.74, 6) is -0.901. The number of tetrazole rings is 1. The van der Waals surface area contributed by atoms with E-state index in [1.165, 1.54) is 10.9 Å². The largest absolute Gasteiger partial charge is 0.374 e. The highest BCUT2D eigenvalue weighted by Gasteiger charge is 2.10. The summed E-state index contributed by atoms with van der Waals surface area (Å²) in [7, 11) is 1.63. The molecule has 1 aromatic heterocycles. The molecule has 0 radical (unpaired) electrons. The summed E-state index contributed by atoms with van der Waals surface area (Å²) in [6.07, 6.45) is 0. The highest BCUT2D eigenvalue weighted by Crippen LogP contribution is 2.26. The molecule has 0 bridgehead atoms. The lowest BCUT2D eigenvalue weighted by atomic mass is 10.3. The summed E-state index contributed by atoms with van der Waals surface area (Å²) in [6, 6.07) is 1.98. The van der Waals surface area contributed by atoms with Crippen LogP contribution in [0, 0.1) is 11.6 Å². The summed E-state index contributed by atoms with van der Waals surface area (Å²) in [6.45, 7) is 0.203. The van der Waals surface area contributed by atoms with Crippen molar-refractivity contribution in [1.82, 2.24) is 20.2 Å². The Morgan fingerprint density at radius 3 is 2.76 bits per heavy atom. The highest BCUT2D eigenvalue weighted by molar-refractivity contribution is 9.10. The second kappa shape index (κ2) is 4.74. The van der Waals surface area contributed by atoms with Crippen molar-refractivity contribution in [3.05, 3.63) is 34.1 Å². The van der Waals surface area contributed by atoms with E-state index in [2.05, 4.69) is 36.7 Å². The Morgan fingerprint density at radius 1 is 1.41 bits per heavy atom. The van der Waals surface area contributed by atoms with Gasteiger partial charge >= 0.3 is 0 Å². The maximum Gasteiger partial charge on any atom is 0.193 e. The number of nitrogens with one attached hydrogen (secondary N) is 1. The van der Waals surface area contributed by atoms with Crippen LogP contribution >= 0.6 is 15.9 Å². The number of nitrogens with zero attached hydrogens (tertiary/aromatic N) is 4. The molecule has 5 nitrogen and oxygen atoms in total. The number of hydrogen-bond acceptors (Lipinski definition) is 4. The molecule has 0 aliphatic carbocycles. The van der Waals surface area contributed by atoms with Crippen molar-refractivity contribution < 1.29 is 8.78 Å². The molecule has 0 atom stereocenters. The van der Waals surface area contributed by atoms with E-state index in [-0.39, 0.29) is 12.2 Å². The predicted octanol–water partition coefficient (Wildman–Crippen LogP) is 1.86. The van der Waals surface area contributed by atoms with Gasteiger partial charge in [0.15, 0.2) is 5.82 Å². The lowest BCUT2D eigenvalue weighted by Crippen LogP contribution is -2.05. The van der Waals surface area contributed by atoms with Crippen molar-refractivity contribution in [2.75, 3.05) is 5.32 Å². The SMILES string of the molecule is Cn1nnc(CNc2c(F)cc(F)cc2Br)n1. The number of anilines is 1. The average Bonchev–Trinajstić information content (AvgIpc) is 2.62. The Labute approximate surface area is 104 Å². The van der Waals surface area contributed by atoms with Gasteiger partial charge in [0.05, 0.1) is 19.3 Å². The van der Waals surface area contributed by atoms with Gasteiger partial charge < -0.3 is 5.32 Å². The third-order valence-electron chi connectivity index (χ3n) is 1.98. The minimum Gasteiger partial charge on any atom is -0.374 e. The number of aryl methyl sites for hydroxylation is 1. The Hall–Kier alpha value is -1.57. The summed E-state index contributed by atoms with van der Waals surface area (Å²) in [5.41, 5.74) is 0.166. The molecule has 0 aliphatic rings. The first-order valence-corrected chi connectivity index (χ1v) is 5.47. The molecule has 0 aliphatic heterocycles. The van der Waals surface area contributed by atoms with Gasteiger partial charge in [0.25, 0.3) is 0 Å². The Morgan fingerprint density at radius 2 is 2.18 bits per heavy atom. The van der Waals surface area contributed by atoms with Gasteiger partial charge in [-0.25, -0.2) is 8.78 Å². The molecule has 0 spiro atoms. The zero-order valence-electron chi connectivity index (χ0n) is 8.78. The third-order valence-corrected chi connectivity index (χ3v) is 2.61. The smallest absolute Gasteiger partial charge is 0.193 e. The molecule has 0 saturated carbocycles. The highest BCUT2D eigenvalue weighted by atomic mass is 79.9. The maximum atomic E-state index is 13.4.